The number of nitrogens with one attached hydrogen (secondary N) is 1. The van der Waals surface area contributed by atoms with Crippen molar-refractivity contribution in [3.8, 4) is 11.8 Å². The normalized spacial score (nSPS) is 10.8. The van der Waals surface area contributed by atoms with Gasteiger partial charge in [-0.25, -0.2) is 0 Å². The van der Waals surface area contributed by atoms with E-state index >= 15 is 0 Å². The molecule has 0 saturated heterocycles. The predicted octanol–water partition coefficient (Wildman–Crippen LogP) is 2.96. The molecule has 0 atom stereocenters. The smallest absolute Gasteiger partial charge is 0.0214 e. The SMILES string of the molecule is CC#CCCNC(CC)(CC)CC. The molecule has 0 spiro atoms. The lowest BCUT2D eigenvalue weighted by atomic mass is 9.90. The first-order chi connectivity index (χ1) is 6.24. The summed E-state index contributed by atoms with van der Waals surface area (Å²) in [5.74, 6) is 6.00. The lowest BCUT2D eigenvalue weighted by Gasteiger charge is -2.31. The lowest BCUT2D eigenvalue weighted by Crippen LogP contribution is -2.43. The minimum absolute atomic E-state index is 0.357. The van der Waals surface area contributed by atoms with Gasteiger partial charge in [0.25, 0.3) is 0 Å². The second-order valence-electron chi connectivity index (χ2n) is 3.44. The molecular formula is C12H23N. The van der Waals surface area contributed by atoms with Gasteiger partial charge in [0.05, 0.1) is 0 Å². The van der Waals surface area contributed by atoms with Crippen LogP contribution in [-0.4, -0.2) is 12.1 Å². The summed E-state index contributed by atoms with van der Waals surface area (Å²) in [6.07, 6.45) is 4.59. The molecule has 0 aromatic heterocycles. The van der Waals surface area contributed by atoms with Gasteiger partial charge >= 0.3 is 0 Å². The molecule has 0 aliphatic rings. The third kappa shape index (κ3) is 4.33. The number of hydrogen-bond acceptors (Lipinski definition) is 1. The first-order valence-corrected chi connectivity index (χ1v) is 5.39. The Morgan fingerprint density at radius 2 is 1.62 bits per heavy atom. The molecule has 1 heteroatoms. The van der Waals surface area contributed by atoms with Gasteiger partial charge in [0.2, 0.25) is 0 Å². The van der Waals surface area contributed by atoms with Gasteiger partial charge in [-0.3, -0.25) is 0 Å². The van der Waals surface area contributed by atoms with Crippen molar-refractivity contribution in [1.82, 2.24) is 5.32 Å². The van der Waals surface area contributed by atoms with Crippen molar-refractivity contribution in [3.05, 3.63) is 0 Å². The fourth-order valence-electron chi connectivity index (χ4n) is 1.64. The van der Waals surface area contributed by atoms with Crippen LogP contribution in [0.3, 0.4) is 0 Å². The maximum absolute atomic E-state index is 3.61. The van der Waals surface area contributed by atoms with Gasteiger partial charge in [0.1, 0.15) is 0 Å². The van der Waals surface area contributed by atoms with Crippen LogP contribution in [0.15, 0.2) is 0 Å². The molecule has 0 heterocycles. The molecule has 13 heavy (non-hydrogen) atoms. The fraction of sp³-hybridized carbons (Fsp3) is 0.833. The topological polar surface area (TPSA) is 12.0 Å². The van der Waals surface area contributed by atoms with Crippen molar-refractivity contribution in [2.45, 2.75) is 58.9 Å². The lowest BCUT2D eigenvalue weighted by molar-refractivity contribution is 0.294. The second kappa shape index (κ2) is 6.97. The quantitative estimate of drug-likeness (QED) is 0.491. The van der Waals surface area contributed by atoms with E-state index in [4.69, 9.17) is 0 Å². The first-order valence-electron chi connectivity index (χ1n) is 5.39. The van der Waals surface area contributed by atoms with Crippen molar-refractivity contribution in [1.29, 1.82) is 0 Å². The van der Waals surface area contributed by atoms with Crippen LogP contribution in [0.5, 0.6) is 0 Å². The van der Waals surface area contributed by atoms with Gasteiger partial charge in [0, 0.05) is 18.5 Å². The van der Waals surface area contributed by atoms with Crippen molar-refractivity contribution in [2.75, 3.05) is 6.54 Å². The number of rotatable bonds is 6. The molecular weight excluding hydrogens is 158 g/mol. The largest absolute Gasteiger partial charge is 0.310 e. The minimum atomic E-state index is 0.357. The van der Waals surface area contributed by atoms with Gasteiger partial charge < -0.3 is 5.32 Å². The summed E-state index contributed by atoms with van der Waals surface area (Å²) < 4.78 is 0. The van der Waals surface area contributed by atoms with Crippen molar-refractivity contribution < 1.29 is 0 Å². The van der Waals surface area contributed by atoms with Crippen LogP contribution in [0.25, 0.3) is 0 Å². The Balaban J connectivity index is 3.85. The van der Waals surface area contributed by atoms with E-state index in [0.717, 1.165) is 13.0 Å². The zero-order chi connectivity index (χ0) is 10.2. The summed E-state index contributed by atoms with van der Waals surface area (Å²) in [5.41, 5.74) is 0.357. The highest BCUT2D eigenvalue weighted by molar-refractivity contribution is 4.96. The molecule has 0 saturated carbocycles. The summed E-state index contributed by atoms with van der Waals surface area (Å²) in [4.78, 5) is 0. The molecule has 0 aliphatic heterocycles. The molecule has 0 bridgehead atoms. The van der Waals surface area contributed by atoms with Crippen LogP contribution < -0.4 is 5.32 Å². The Kier molecular flexibility index (Phi) is 6.72. The van der Waals surface area contributed by atoms with E-state index in [2.05, 4.69) is 37.9 Å². The second-order valence-corrected chi connectivity index (χ2v) is 3.44. The first kappa shape index (κ1) is 12.5. The Labute approximate surface area is 83.3 Å². The highest BCUT2D eigenvalue weighted by atomic mass is 15.0. The van der Waals surface area contributed by atoms with Crippen LogP contribution in [0.2, 0.25) is 0 Å². The molecule has 1 N–H and O–H groups in total. The molecule has 0 aromatic carbocycles. The summed E-state index contributed by atoms with van der Waals surface area (Å²) in [6.45, 7) is 9.69. The molecule has 0 aromatic rings. The molecule has 0 rings (SSSR count). The van der Waals surface area contributed by atoms with Crippen LogP contribution in [0, 0.1) is 11.8 Å². The maximum atomic E-state index is 3.61. The van der Waals surface area contributed by atoms with E-state index in [1.807, 2.05) is 6.92 Å². The molecule has 0 fully saturated rings. The van der Waals surface area contributed by atoms with E-state index in [-0.39, 0.29) is 0 Å². The zero-order valence-electron chi connectivity index (χ0n) is 9.54. The Hall–Kier alpha value is -0.480. The summed E-state index contributed by atoms with van der Waals surface area (Å²) in [5, 5.41) is 3.61. The van der Waals surface area contributed by atoms with E-state index in [0.29, 0.717) is 5.54 Å². The standard InChI is InChI=1S/C12H23N/c1-5-9-10-11-13-12(6-2,7-3)8-4/h13H,6-8,10-11H2,1-4H3. The molecule has 0 unspecified atom stereocenters. The van der Waals surface area contributed by atoms with Gasteiger partial charge in [-0.15, -0.1) is 11.8 Å². The predicted molar refractivity (Wildman–Crippen MR) is 59.7 cm³/mol. The van der Waals surface area contributed by atoms with Crippen molar-refractivity contribution in [3.63, 3.8) is 0 Å². The van der Waals surface area contributed by atoms with Crippen LogP contribution in [0.1, 0.15) is 53.4 Å². The van der Waals surface area contributed by atoms with Gasteiger partial charge in [-0.05, 0) is 26.2 Å². The number of hydrogen-bond donors (Lipinski definition) is 1. The molecule has 0 radical (unpaired) electrons. The summed E-state index contributed by atoms with van der Waals surface area (Å²) in [6, 6.07) is 0. The monoisotopic (exact) mass is 181 g/mol. The van der Waals surface area contributed by atoms with E-state index in [1.54, 1.807) is 0 Å². The van der Waals surface area contributed by atoms with Gasteiger partial charge in [-0.1, -0.05) is 20.8 Å². The summed E-state index contributed by atoms with van der Waals surface area (Å²) in [7, 11) is 0. The highest BCUT2D eigenvalue weighted by Crippen LogP contribution is 2.18. The van der Waals surface area contributed by atoms with Gasteiger partial charge in [0.15, 0.2) is 0 Å². The third-order valence-electron chi connectivity index (χ3n) is 2.96. The highest BCUT2D eigenvalue weighted by Gasteiger charge is 2.21. The van der Waals surface area contributed by atoms with E-state index in [1.165, 1.54) is 19.3 Å². The zero-order valence-corrected chi connectivity index (χ0v) is 9.54. The molecule has 76 valence electrons. The van der Waals surface area contributed by atoms with Crippen molar-refractivity contribution in [2.24, 2.45) is 0 Å². The summed E-state index contributed by atoms with van der Waals surface area (Å²) >= 11 is 0. The van der Waals surface area contributed by atoms with Crippen molar-refractivity contribution >= 4 is 0 Å². The molecule has 0 aliphatic carbocycles. The minimum Gasteiger partial charge on any atom is -0.310 e. The van der Waals surface area contributed by atoms with Crippen LogP contribution in [-0.2, 0) is 0 Å². The maximum Gasteiger partial charge on any atom is 0.0214 e. The third-order valence-corrected chi connectivity index (χ3v) is 2.96. The average molecular weight is 181 g/mol. The van der Waals surface area contributed by atoms with Crippen LogP contribution >= 0.6 is 0 Å². The Morgan fingerprint density at radius 1 is 1.08 bits per heavy atom. The van der Waals surface area contributed by atoms with E-state index < -0.39 is 0 Å². The van der Waals surface area contributed by atoms with Crippen LogP contribution in [0.4, 0.5) is 0 Å². The average Bonchev–Trinajstić information content (AvgIpc) is 2.20. The van der Waals surface area contributed by atoms with E-state index in [9.17, 15) is 0 Å². The van der Waals surface area contributed by atoms with Gasteiger partial charge in [-0.2, -0.15) is 0 Å². The molecule has 1 nitrogen and oxygen atoms in total. The fourth-order valence-corrected chi connectivity index (χ4v) is 1.64. The molecule has 0 amide bonds. The Bertz CT molecular complexity index is 161. The Morgan fingerprint density at radius 3 is 2.00 bits per heavy atom.